The van der Waals surface area contributed by atoms with Crippen LogP contribution in [0.1, 0.15) is 31.1 Å². The second-order valence-electron chi connectivity index (χ2n) is 4.34. The van der Waals surface area contributed by atoms with Crippen molar-refractivity contribution in [3.8, 4) is 0 Å². The molecule has 1 aliphatic heterocycles. The Bertz CT molecular complexity index is 451. The van der Waals surface area contributed by atoms with Gasteiger partial charge in [0.1, 0.15) is 11.9 Å². The predicted molar refractivity (Wildman–Crippen MR) is 66.0 cm³/mol. The van der Waals surface area contributed by atoms with E-state index in [0.717, 1.165) is 19.3 Å². The van der Waals surface area contributed by atoms with Gasteiger partial charge in [-0.3, -0.25) is 0 Å². The van der Waals surface area contributed by atoms with Gasteiger partial charge in [0.25, 0.3) is 10.2 Å². The molecule has 6 nitrogen and oxygen atoms in total. The van der Waals surface area contributed by atoms with Gasteiger partial charge >= 0.3 is 0 Å². The Morgan fingerprint density at radius 3 is 2.72 bits per heavy atom. The molecule has 0 spiro atoms. The van der Waals surface area contributed by atoms with Crippen LogP contribution < -0.4 is 4.72 Å². The van der Waals surface area contributed by atoms with Gasteiger partial charge in [-0.05, 0) is 25.0 Å². The summed E-state index contributed by atoms with van der Waals surface area (Å²) in [5, 5.41) is 9.73. The summed E-state index contributed by atoms with van der Waals surface area (Å²) in [7, 11) is -3.49. The van der Waals surface area contributed by atoms with E-state index in [0.29, 0.717) is 18.8 Å². The second-order valence-corrected chi connectivity index (χ2v) is 6.10. The Morgan fingerprint density at radius 2 is 2.11 bits per heavy atom. The minimum absolute atomic E-state index is 0.0770. The predicted octanol–water partition coefficient (Wildman–Crippen LogP) is 0.633. The van der Waals surface area contributed by atoms with E-state index < -0.39 is 16.3 Å². The number of rotatable bonds is 5. The number of aliphatic hydroxyl groups excluding tert-OH is 1. The molecule has 1 aromatic rings. The van der Waals surface area contributed by atoms with Gasteiger partial charge in [0.05, 0.1) is 6.26 Å². The summed E-state index contributed by atoms with van der Waals surface area (Å²) in [5.74, 6) is 0.358. The lowest BCUT2D eigenvalue weighted by Gasteiger charge is -2.26. The molecule has 1 fully saturated rings. The monoisotopic (exact) mass is 274 g/mol. The molecule has 2 heterocycles. The van der Waals surface area contributed by atoms with Crippen molar-refractivity contribution in [2.45, 2.75) is 25.4 Å². The third-order valence-corrected chi connectivity index (χ3v) is 4.56. The van der Waals surface area contributed by atoms with E-state index in [4.69, 9.17) is 4.42 Å². The molecular weight excluding hydrogens is 256 g/mol. The van der Waals surface area contributed by atoms with E-state index in [-0.39, 0.29) is 6.54 Å². The van der Waals surface area contributed by atoms with Gasteiger partial charge in [-0.2, -0.15) is 17.4 Å². The van der Waals surface area contributed by atoms with Crippen molar-refractivity contribution in [2.24, 2.45) is 0 Å². The van der Waals surface area contributed by atoms with Crippen molar-refractivity contribution in [2.75, 3.05) is 19.6 Å². The minimum Gasteiger partial charge on any atom is -0.467 e. The zero-order valence-corrected chi connectivity index (χ0v) is 10.9. The fraction of sp³-hybridized carbons (Fsp3) is 0.636. The molecule has 1 unspecified atom stereocenters. The normalized spacial score (nSPS) is 19.8. The summed E-state index contributed by atoms with van der Waals surface area (Å²) < 4.78 is 32.7. The van der Waals surface area contributed by atoms with Crippen molar-refractivity contribution in [1.82, 2.24) is 9.03 Å². The highest BCUT2D eigenvalue weighted by molar-refractivity contribution is 7.87. The fourth-order valence-electron chi connectivity index (χ4n) is 1.96. The first-order valence-electron chi connectivity index (χ1n) is 6.06. The largest absolute Gasteiger partial charge is 0.467 e. The first-order chi connectivity index (χ1) is 8.59. The molecule has 2 N–H and O–H groups in total. The summed E-state index contributed by atoms with van der Waals surface area (Å²) in [6, 6.07) is 3.26. The summed E-state index contributed by atoms with van der Waals surface area (Å²) in [6.45, 7) is 1.02. The Hall–Kier alpha value is -0.890. The highest BCUT2D eigenvalue weighted by atomic mass is 32.2. The molecule has 0 aliphatic carbocycles. The molecule has 0 saturated carbocycles. The number of hydrogen-bond donors (Lipinski definition) is 2. The first kappa shape index (κ1) is 13.5. The topological polar surface area (TPSA) is 82.8 Å². The molecule has 7 heteroatoms. The number of nitrogens with one attached hydrogen (secondary N) is 1. The highest BCUT2D eigenvalue weighted by Gasteiger charge is 2.24. The summed E-state index contributed by atoms with van der Waals surface area (Å²) >= 11 is 0. The Kier molecular flexibility index (Phi) is 4.39. The third-order valence-electron chi connectivity index (χ3n) is 2.99. The molecule has 102 valence electrons. The molecule has 0 amide bonds. The van der Waals surface area contributed by atoms with Crippen LogP contribution in [-0.4, -0.2) is 37.5 Å². The number of hydrogen-bond acceptors (Lipinski definition) is 4. The van der Waals surface area contributed by atoms with Gasteiger partial charge in [-0.15, -0.1) is 0 Å². The quantitative estimate of drug-likeness (QED) is 0.825. The van der Waals surface area contributed by atoms with Crippen LogP contribution in [0.5, 0.6) is 0 Å². The Morgan fingerprint density at radius 1 is 1.39 bits per heavy atom. The SMILES string of the molecule is O=S(=O)(NCC(O)c1ccco1)N1CCCCC1. The maximum absolute atomic E-state index is 11.9. The maximum atomic E-state index is 11.9. The van der Waals surface area contributed by atoms with E-state index in [1.165, 1.54) is 10.6 Å². The molecule has 18 heavy (non-hydrogen) atoms. The van der Waals surface area contributed by atoms with Gasteiger partial charge < -0.3 is 9.52 Å². The van der Waals surface area contributed by atoms with Crippen molar-refractivity contribution in [3.05, 3.63) is 24.2 Å². The van der Waals surface area contributed by atoms with E-state index >= 15 is 0 Å². The lowest BCUT2D eigenvalue weighted by Crippen LogP contribution is -2.44. The fourth-order valence-corrected chi connectivity index (χ4v) is 3.25. The van der Waals surface area contributed by atoms with Crippen LogP contribution in [-0.2, 0) is 10.2 Å². The zero-order chi connectivity index (χ0) is 13.0. The highest BCUT2D eigenvalue weighted by Crippen LogP contribution is 2.14. The average molecular weight is 274 g/mol. The third kappa shape index (κ3) is 3.32. The van der Waals surface area contributed by atoms with Crippen LogP contribution in [0.15, 0.2) is 22.8 Å². The van der Waals surface area contributed by atoms with E-state index in [9.17, 15) is 13.5 Å². The zero-order valence-electron chi connectivity index (χ0n) is 10.1. The van der Waals surface area contributed by atoms with Crippen LogP contribution >= 0.6 is 0 Å². The Balaban J connectivity index is 1.88. The summed E-state index contributed by atoms with van der Waals surface area (Å²) in [5.41, 5.74) is 0. The van der Waals surface area contributed by atoms with Crippen LogP contribution in [0.25, 0.3) is 0 Å². The van der Waals surface area contributed by atoms with Crippen LogP contribution in [0, 0.1) is 0 Å². The maximum Gasteiger partial charge on any atom is 0.279 e. The standard InChI is InChI=1S/C11H18N2O4S/c14-10(11-5-4-8-17-11)9-12-18(15,16)13-6-2-1-3-7-13/h4-5,8,10,12,14H,1-3,6-7,9H2. The van der Waals surface area contributed by atoms with Gasteiger partial charge in [0, 0.05) is 19.6 Å². The van der Waals surface area contributed by atoms with Gasteiger partial charge in [0.2, 0.25) is 0 Å². The number of piperidine rings is 1. The second kappa shape index (κ2) is 5.83. The lowest BCUT2D eigenvalue weighted by molar-refractivity contribution is 0.153. The summed E-state index contributed by atoms with van der Waals surface area (Å²) in [4.78, 5) is 0. The van der Waals surface area contributed by atoms with Gasteiger partial charge in [-0.1, -0.05) is 6.42 Å². The van der Waals surface area contributed by atoms with Crippen molar-refractivity contribution >= 4 is 10.2 Å². The average Bonchev–Trinajstić information content (AvgIpc) is 2.91. The minimum atomic E-state index is -3.49. The number of furan rings is 1. The van der Waals surface area contributed by atoms with Crippen molar-refractivity contribution < 1.29 is 17.9 Å². The molecule has 1 aliphatic rings. The molecule has 0 bridgehead atoms. The molecule has 1 saturated heterocycles. The van der Waals surface area contributed by atoms with Crippen molar-refractivity contribution in [1.29, 1.82) is 0 Å². The smallest absolute Gasteiger partial charge is 0.279 e. The Labute approximate surface area is 107 Å². The molecular formula is C11H18N2O4S. The van der Waals surface area contributed by atoms with Crippen LogP contribution in [0.4, 0.5) is 0 Å². The molecule has 0 radical (unpaired) electrons. The molecule has 0 aromatic carbocycles. The number of aliphatic hydroxyl groups is 1. The van der Waals surface area contributed by atoms with Gasteiger partial charge in [0.15, 0.2) is 0 Å². The summed E-state index contributed by atoms with van der Waals surface area (Å²) in [6.07, 6.45) is 3.33. The van der Waals surface area contributed by atoms with E-state index in [1.807, 2.05) is 0 Å². The first-order valence-corrected chi connectivity index (χ1v) is 7.50. The molecule has 1 aromatic heterocycles. The molecule has 1 atom stereocenters. The van der Waals surface area contributed by atoms with E-state index in [2.05, 4.69) is 4.72 Å². The van der Waals surface area contributed by atoms with Crippen LogP contribution in [0.2, 0.25) is 0 Å². The number of nitrogens with zero attached hydrogens (tertiary/aromatic N) is 1. The van der Waals surface area contributed by atoms with Crippen molar-refractivity contribution in [3.63, 3.8) is 0 Å². The van der Waals surface area contributed by atoms with E-state index in [1.54, 1.807) is 12.1 Å². The van der Waals surface area contributed by atoms with Gasteiger partial charge in [-0.25, -0.2) is 0 Å². The van der Waals surface area contributed by atoms with Crippen LogP contribution in [0.3, 0.4) is 0 Å². The molecule has 2 rings (SSSR count). The lowest BCUT2D eigenvalue weighted by atomic mass is 10.2.